The summed E-state index contributed by atoms with van der Waals surface area (Å²) in [4.78, 5) is 0. The maximum absolute atomic E-state index is 5.81. The van der Waals surface area contributed by atoms with Gasteiger partial charge in [0, 0.05) is 11.6 Å². The average Bonchev–Trinajstić information content (AvgIpc) is 2.92. The third kappa shape index (κ3) is 2.86. The van der Waals surface area contributed by atoms with E-state index in [2.05, 4.69) is 24.4 Å². The van der Waals surface area contributed by atoms with E-state index in [1.54, 1.807) is 20.4 Å². The molecule has 2 aromatic rings. The number of rotatable bonds is 6. The summed E-state index contributed by atoms with van der Waals surface area (Å²) in [5.41, 5.74) is 4.65. The van der Waals surface area contributed by atoms with Gasteiger partial charge < -0.3 is 9.47 Å². The van der Waals surface area contributed by atoms with E-state index in [1.807, 2.05) is 28.9 Å². The first kappa shape index (κ1) is 15.3. The van der Waals surface area contributed by atoms with E-state index in [9.17, 15) is 0 Å². The van der Waals surface area contributed by atoms with Crippen molar-refractivity contribution >= 4 is 0 Å². The van der Waals surface area contributed by atoms with Crippen molar-refractivity contribution in [1.82, 2.24) is 15.2 Å². The van der Waals surface area contributed by atoms with Crippen molar-refractivity contribution in [1.29, 1.82) is 0 Å². The van der Waals surface area contributed by atoms with Crippen molar-refractivity contribution in [3.63, 3.8) is 0 Å². The molecular weight excluding hydrogens is 268 g/mol. The Balaban J connectivity index is 2.58. The van der Waals surface area contributed by atoms with Gasteiger partial charge >= 0.3 is 0 Å². The molecule has 0 aliphatic rings. The SMILES string of the molecule is COc1ccccc1C(NN)c1c(OC)cnn1C(C)C. The van der Waals surface area contributed by atoms with E-state index in [0.717, 1.165) is 17.0 Å². The fourth-order valence-corrected chi connectivity index (χ4v) is 2.42. The zero-order valence-electron chi connectivity index (χ0n) is 12.8. The monoisotopic (exact) mass is 290 g/mol. The van der Waals surface area contributed by atoms with Crippen LogP contribution < -0.4 is 20.7 Å². The minimum absolute atomic E-state index is 0.189. The number of hydrogen-bond acceptors (Lipinski definition) is 5. The van der Waals surface area contributed by atoms with Crippen molar-refractivity contribution in [2.75, 3.05) is 14.2 Å². The number of ether oxygens (including phenoxy) is 2. The van der Waals surface area contributed by atoms with Gasteiger partial charge in [-0.2, -0.15) is 5.10 Å². The Labute approximate surface area is 124 Å². The predicted molar refractivity (Wildman–Crippen MR) is 81.3 cm³/mol. The van der Waals surface area contributed by atoms with E-state index in [4.69, 9.17) is 15.3 Å². The Hall–Kier alpha value is -2.05. The summed E-state index contributed by atoms with van der Waals surface area (Å²) in [6.07, 6.45) is 1.70. The molecule has 114 valence electrons. The highest BCUT2D eigenvalue weighted by Gasteiger charge is 2.26. The molecule has 0 radical (unpaired) electrons. The van der Waals surface area contributed by atoms with Crippen LogP contribution in [0.25, 0.3) is 0 Å². The van der Waals surface area contributed by atoms with Gasteiger partial charge in [0.25, 0.3) is 0 Å². The molecule has 0 spiro atoms. The Kier molecular flexibility index (Phi) is 4.82. The molecule has 1 unspecified atom stereocenters. The van der Waals surface area contributed by atoms with Crippen molar-refractivity contribution in [2.24, 2.45) is 5.84 Å². The average molecular weight is 290 g/mol. The number of para-hydroxylation sites is 1. The highest BCUT2D eigenvalue weighted by Crippen LogP contribution is 2.35. The Bertz CT molecular complexity index is 595. The van der Waals surface area contributed by atoms with Crippen molar-refractivity contribution in [3.8, 4) is 11.5 Å². The highest BCUT2D eigenvalue weighted by atomic mass is 16.5. The van der Waals surface area contributed by atoms with Gasteiger partial charge in [0.05, 0.1) is 26.5 Å². The Morgan fingerprint density at radius 2 is 1.81 bits per heavy atom. The molecule has 1 aromatic heterocycles. The van der Waals surface area contributed by atoms with Gasteiger partial charge in [0.1, 0.15) is 11.4 Å². The number of hydrazine groups is 1. The minimum atomic E-state index is -0.277. The van der Waals surface area contributed by atoms with Gasteiger partial charge in [-0.25, -0.2) is 5.43 Å². The molecule has 21 heavy (non-hydrogen) atoms. The second-order valence-corrected chi connectivity index (χ2v) is 4.98. The van der Waals surface area contributed by atoms with E-state index in [0.29, 0.717) is 5.75 Å². The topological polar surface area (TPSA) is 74.3 Å². The van der Waals surface area contributed by atoms with E-state index < -0.39 is 0 Å². The lowest BCUT2D eigenvalue weighted by molar-refractivity contribution is 0.383. The highest BCUT2D eigenvalue weighted by molar-refractivity contribution is 5.43. The summed E-state index contributed by atoms with van der Waals surface area (Å²) in [6, 6.07) is 7.66. The van der Waals surface area contributed by atoms with E-state index >= 15 is 0 Å². The van der Waals surface area contributed by atoms with Crippen LogP contribution in [0.15, 0.2) is 30.5 Å². The molecule has 6 nitrogen and oxygen atoms in total. The number of nitrogens with zero attached hydrogens (tertiary/aromatic N) is 2. The zero-order chi connectivity index (χ0) is 15.4. The lowest BCUT2D eigenvalue weighted by Gasteiger charge is -2.22. The van der Waals surface area contributed by atoms with Crippen molar-refractivity contribution in [3.05, 3.63) is 41.7 Å². The van der Waals surface area contributed by atoms with Crippen LogP contribution in [0.4, 0.5) is 0 Å². The van der Waals surface area contributed by atoms with Gasteiger partial charge in [-0.3, -0.25) is 10.5 Å². The standard InChI is InChI=1S/C15H22N4O2/c1-10(2)19-15(13(21-4)9-17-19)14(18-16)11-7-5-6-8-12(11)20-3/h5-10,14,18H,16H2,1-4H3. The lowest BCUT2D eigenvalue weighted by atomic mass is 10.0. The first-order chi connectivity index (χ1) is 10.1. The molecule has 0 bridgehead atoms. The minimum Gasteiger partial charge on any atom is -0.496 e. The quantitative estimate of drug-likeness (QED) is 0.629. The molecule has 1 aromatic carbocycles. The second kappa shape index (κ2) is 6.60. The van der Waals surface area contributed by atoms with Crippen LogP contribution in [0, 0.1) is 0 Å². The van der Waals surface area contributed by atoms with Gasteiger partial charge in [-0.1, -0.05) is 18.2 Å². The Morgan fingerprint density at radius 1 is 1.14 bits per heavy atom. The maximum Gasteiger partial charge on any atom is 0.161 e. The van der Waals surface area contributed by atoms with Gasteiger partial charge in [-0.15, -0.1) is 0 Å². The molecular formula is C15H22N4O2. The predicted octanol–water partition coefficient (Wildman–Crippen LogP) is 2.03. The fraction of sp³-hybridized carbons (Fsp3) is 0.400. The number of benzene rings is 1. The maximum atomic E-state index is 5.81. The van der Waals surface area contributed by atoms with Crippen LogP contribution >= 0.6 is 0 Å². The van der Waals surface area contributed by atoms with E-state index in [-0.39, 0.29) is 12.1 Å². The fourth-order valence-electron chi connectivity index (χ4n) is 2.42. The van der Waals surface area contributed by atoms with Gasteiger partial charge in [-0.05, 0) is 19.9 Å². The van der Waals surface area contributed by atoms with E-state index in [1.165, 1.54) is 0 Å². The number of nitrogens with two attached hydrogens (primary N) is 1. The Morgan fingerprint density at radius 3 is 2.38 bits per heavy atom. The van der Waals surface area contributed by atoms with Crippen LogP contribution in [0.1, 0.15) is 37.2 Å². The molecule has 0 amide bonds. The van der Waals surface area contributed by atoms with Crippen LogP contribution in [0.3, 0.4) is 0 Å². The number of hydrogen-bond donors (Lipinski definition) is 2. The smallest absolute Gasteiger partial charge is 0.161 e. The first-order valence-corrected chi connectivity index (χ1v) is 6.84. The molecule has 0 saturated heterocycles. The summed E-state index contributed by atoms with van der Waals surface area (Å²) in [7, 11) is 3.27. The third-order valence-electron chi connectivity index (χ3n) is 3.40. The number of methoxy groups -OCH3 is 2. The molecule has 3 N–H and O–H groups in total. The zero-order valence-corrected chi connectivity index (χ0v) is 12.8. The summed E-state index contributed by atoms with van der Waals surface area (Å²) in [6.45, 7) is 4.12. The largest absolute Gasteiger partial charge is 0.496 e. The summed E-state index contributed by atoms with van der Waals surface area (Å²) >= 11 is 0. The number of aromatic nitrogens is 2. The molecule has 0 saturated carbocycles. The first-order valence-electron chi connectivity index (χ1n) is 6.84. The molecule has 6 heteroatoms. The summed E-state index contributed by atoms with van der Waals surface area (Å²) in [5, 5.41) is 4.39. The van der Waals surface area contributed by atoms with Crippen LogP contribution in [0.2, 0.25) is 0 Å². The lowest BCUT2D eigenvalue weighted by Crippen LogP contribution is -2.31. The molecule has 1 atom stereocenters. The van der Waals surface area contributed by atoms with Crippen molar-refractivity contribution in [2.45, 2.75) is 25.9 Å². The third-order valence-corrected chi connectivity index (χ3v) is 3.40. The molecule has 2 rings (SSSR count). The van der Waals surface area contributed by atoms with Crippen LogP contribution in [-0.2, 0) is 0 Å². The molecule has 0 aliphatic carbocycles. The van der Waals surface area contributed by atoms with Crippen molar-refractivity contribution < 1.29 is 9.47 Å². The molecule has 0 aliphatic heterocycles. The van der Waals surface area contributed by atoms with Gasteiger partial charge in [0.2, 0.25) is 0 Å². The summed E-state index contributed by atoms with van der Waals surface area (Å²) < 4.78 is 12.8. The summed E-state index contributed by atoms with van der Waals surface area (Å²) in [5.74, 6) is 7.27. The number of nitrogens with one attached hydrogen (secondary N) is 1. The molecule has 1 heterocycles. The van der Waals surface area contributed by atoms with Crippen LogP contribution in [-0.4, -0.2) is 24.0 Å². The van der Waals surface area contributed by atoms with Crippen LogP contribution in [0.5, 0.6) is 11.5 Å². The molecule has 0 fully saturated rings. The van der Waals surface area contributed by atoms with Gasteiger partial charge in [0.15, 0.2) is 5.75 Å². The normalized spacial score (nSPS) is 12.5. The second-order valence-electron chi connectivity index (χ2n) is 4.98.